The summed E-state index contributed by atoms with van der Waals surface area (Å²) in [5.74, 6) is -0.860. The van der Waals surface area contributed by atoms with Crippen LogP contribution in [-0.4, -0.2) is 30.3 Å². The Balaban J connectivity index is 1.79. The second-order valence-corrected chi connectivity index (χ2v) is 6.55. The molecule has 1 fully saturated rings. The van der Waals surface area contributed by atoms with Crippen LogP contribution in [-0.2, 0) is 16.0 Å². The monoisotopic (exact) mass is 337 g/mol. The summed E-state index contributed by atoms with van der Waals surface area (Å²) in [5, 5.41) is 4.21. The van der Waals surface area contributed by atoms with E-state index < -0.39 is 11.9 Å². The molecule has 1 saturated heterocycles. The summed E-state index contributed by atoms with van der Waals surface area (Å²) in [6.45, 7) is 0.601. The van der Waals surface area contributed by atoms with Crippen LogP contribution in [0.2, 0.25) is 0 Å². The number of nitrogens with two attached hydrogens (primary N) is 1. The number of anilines is 1. The quantitative estimate of drug-likeness (QED) is 0.827. The Bertz CT molecular complexity index is 906. The minimum atomic E-state index is -0.643. The standard InChI is InChI=1S/C19H19N3O3/c20-8-2-3-11-9-12-4-1-5-14-17(12)13(10-11)19(25)22(14)15-6-7-16(23)21-18(15)24/h1,4-5,9-10,15H,2-3,6-8,20H2,(H,21,23,24). The van der Waals surface area contributed by atoms with E-state index in [1.165, 1.54) is 0 Å². The smallest absolute Gasteiger partial charge is 0.259 e. The highest BCUT2D eigenvalue weighted by Gasteiger charge is 2.40. The first kappa shape index (κ1) is 15.8. The second kappa shape index (κ2) is 5.97. The van der Waals surface area contributed by atoms with Crippen molar-refractivity contribution in [1.29, 1.82) is 0 Å². The SMILES string of the molecule is NCCCc1cc2c3c(cccc3c1)N(C1CCC(=O)NC1=O)C2=O. The van der Waals surface area contributed by atoms with E-state index in [0.29, 0.717) is 18.5 Å². The first-order valence-electron chi connectivity index (χ1n) is 8.53. The molecule has 3 amide bonds. The highest BCUT2D eigenvalue weighted by atomic mass is 16.2. The lowest BCUT2D eigenvalue weighted by Gasteiger charge is -2.30. The largest absolute Gasteiger partial charge is 0.330 e. The van der Waals surface area contributed by atoms with Gasteiger partial charge in [-0.15, -0.1) is 0 Å². The molecule has 0 bridgehead atoms. The van der Waals surface area contributed by atoms with Crippen LogP contribution in [0.15, 0.2) is 30.3 Å². The van der Waals surface area contributed by atoms with Gasteiger partial charge >= 0.3 is 0 Å². The number of nitrogens with zero attached hydrogens (tertiary/aromatic N) is 1. The Kier molecular flexibility index (Phi) is 3.77. The van der Waals surface area contributed by atoms with E-state index in [2.05, 4.69) is 11.4 Å². The minimum Gasteiger partial charge on any atom is -0.330 e. The van der Waals surface area contributed by atoms with Gasteiger partial charge in [0.2, 0.25) is 11.8 Å². The number of carbonyl (C=O) groups is 3. The predicted octanol–water partition coefficient (Wildman–Crippen LogP) is 1.50. The summed E-state index contributed by atoms with van der Waals surface area (Å²) in [6.07, 6.45) is 2.26. The Morgan fingerprint density at radius 1 is 1.20 bits per heavy atom. The molecule has 4 rings (SSSR count). The predicted molar refractivity (Wildman–Crippen MR) is 94.3 cm³/mol. The van der Waals surface area contributed by atoms with Crippen molar-refractivity contribution in [2.24, 2.45) is 5.73 Å². The van der Waals surface area contributed by atoms with Crippen molar-refractivity contribution in [3.8, 4) is 0 Å². The number of nitrogens with one attached hydrogen (secondary N) is 1. The number of aryl methyl sites for hydroxylation is 1. The zero-order valence-electron chi connectivity index (χ0n) is 13.7. The topological polar surface area (TPSA) is 92.5 Å². The van der Waals surface area contributed by atoms with Gasteiger partial charge in [0, 0.05) is 11.8 Å². The molecule has 2 aromatic rings. The first-order valence-corrected chi connectivity index (χ1v) is 8.53. The highest BCUT2D eigenvalue weighted by molar-refractivity contribution is 6.27. The van der Waals surface area contributed by atoms with Crippen LogP contribution in [0.5, 0.6) is 0 Å². The molecular weight excluding hydrogens is 318 g/mol. The minimum absolute atomic E-state index is 0.171. The molecule has 25 heavy (non-hydrogen) atoms. The molecule has 6 nitrogen and oxygen atoms in total. The summed E-state index contributed by atoms with van der Waals surface area (Å²) in [5.41, 5.74) is 8.05. The maximum atomic E-state index is 13.1. The van der Waals surface area contributed by atoms with Gasteiger partial charge in [0.05, 0.1) is 11.3 Å². The average molecular weight is 337 g/mol. The van der Waals surface area contributed by atoms with Crippen LogP contribution in [0.25, 0.3) is 10.8 Å². The third-order valence-electron chi connectivity index (χ3n) is 4.91. The molecule has 2 aromatic carbocycles. The molecule has 0 radical (unpaired) electrons. The Labute approximate surface area is 145 Å². The van der Waals surface area contributed by atoms with Crippen LogP contribution in [0.1, 0.15) is 35.2 Å². The fraction of sp³-hybridized carbons (Fsp3) is 0.316. The molecule has 2 aliphatic rings. The number of amides is 3. The molecule has 0 spiro atoms. The van der Waals surface area contributed by atoms with E-state index >= 15 is 0 Å². The van der Waals surface area contributed by atoms with Crippen molar-refractivity contribution < 1.29 is 14.4 Å². The third-order valence-corrected chi connectivity index (χ3v) is 4.91. The highest BCUT2D eigenvalue weighted by Crippen LogP contribution is 2.40. The molecule has 6 heteroatoms. The number of carbonyl (C=O) groups excluding carboxylic acids is 3. The number of imide groups is 1. The normalized spacial score (nSPS) is 19.6. The Hall–Kier alpha value is -2.73. The maximum Gasteiger partial charge on any atom is 0.259 e. The van der Waals surface area contributed by atoms with E-state index in [1.807, 2.05) is 24.3 Å². The van der Waals surface area contributed by atoms with Gasteiger partial charge in [0.1, 0.15) is 6.04 Å². The van der Waals surface area contributed by atoms with Crippen molar-refractivity contribution in [2.45, 2.75) is 31.7 Å². The molecule has 0 aliphatic carbocycles. The molecule has 128 valence electrons. The van der Waals surface area contributed by atoms with Gasteiger partial charge in [-0.1, -0.05) is 18.2 Å². The van der Waals surface area contributed by atoms with Crippen molar-refractivity contribution in [1.82, 2.24) is 5.32 Å². The number of piperidine rings is 1. The lowest BCUT2D eigenvalue weighted by atomic mass is 9.99. The van der Waals surface area contributed by atoms with Crippen LogP contribution in [0, 0.1) is 0 Å². The number of hydrogen-bond acceptors (Lipinski definition) is 4. The van der Waals surface area contributed by atoms with Crippen molar-refractivity contribution in [2.75, 3.05) is 11.4 Å². The fourth-order valence-corrected chi connectivity index (χ4v) is 3.77. The third kappa shape index (κ3) is 2.49. The van der Waals surface area contributed by atoms with Gasteiger partial charge in [0.15, 0.2) is 0 Å². The summed E-state index contributed by atoms with van der Waals surface area (Å²) in [6, 6.07) is 9.09. The molecule has 1 atom stereocenters. The van der Waals surface area contributed by atoms with Crippen LogP contribution < -0.4 is 16.0 Å². The molecule has 2 aliphatic heterocycles. The Morgan fingerprint density at radius 2 is 2.04 bits per heavy atom. The maximum absolute atomic E-state index is 13.1. The number of rotatable bonds is 4. The lowest BCUT2D eigenvalue weighted by molar-refractivity contribution is -0.134. The van der Waals surface area contributed by atoms with Crippen LogP contribution in [0.4, 0.5) is 5.69 Å². The van der Waals surface area contributed by atoms with E-state index in [1.54, 1.807) is 4.90 Å². The van der Waals surface area contributed by atoms with E-state index in [0.717, 1.165) is 34.9 Å². The van der Waals surface area contributed by atoms with Gasteiger partial charge in [-0.25, -0.2) is 0 Å². The summed E-state index contributed by atoms with van der Waals surface area (Å²) in [7, 11) is 0. The van der Waals surface area contributed by atoms with Crippen molar-refractivity contribution in [3.63, 3.8) is 0 Å². The molecule has 3 N–H and O–H groups in total. The van der Waals surface area contributed by atoms with E-state index in [4.69, 9.17) is 5.73 Å². The van der Waals surface area contributed by atoms with E-state index in [-0.39, 0.29) is 18.2 Å². The zero-order valence-corrected chi connectivity index (χ0v) is 13.7. The van der Waals surface area contributed by atoms with Gasteiger partial charge in [-0.05, 0) is 48.9 Å². The molecule has 2 heterocycles. The van der Waals surface area contributed by atoms with E-state index in [9.17, 15) is 14.4 Å². The van der Waals surface area contributed by atoms with Gasteiger partial charge < -0.3 is 5.73 Å². The second-order valence-electron chi connectivity index (χ2n) is 6.55. The van der Waals surface area contributed by atoms with Crippen molar-refractivity contribution >= 4 is 34.2 Å². The van der Waals surface area contributed by atoms with Gasteiger partial charge in [-0.3, -0.25) is 24.6 Å². The van der Waals surface area contributed by atoms with Crippen LogP contribution >= 0.6 is 0 Å². The number of hydrogen-bond donors (Lipinski definition) is 2. The molecule has 0 aromatic heterocycles. The Morgan fingerprint density at radius 3 is 2.80 bits per heavy atom. The summed E-state index contributed by atoms with van der Waals surface area (Å²) >= 11 is 0. The fourth-order valence-electron chi connectivity index (χ4n) is 3.77. The lowest BCUT2D eigenvalue weighted by Crippen LogP contribution is -2.53. The zero-order chi connectivity index (χ0) is 17.6. The summed E-state index contributed by atoms with van der Waals surface area (Å²) in [4.78, 5) is 38.3. The van der Waals surface area contributed by atoms with Gasteiger partial charge in [0.25, 0.3) is 5.91 Å². The number of benzene rings is 2. The molecular formula is C19H19N3O3. The first-order chi connectivity index (χ1) is 12.1. The van der Waals surface area contributed by atoms with Crippen molar-refractivity contribution in [3.05, 3.63) is 41.5 Å². The molecule has 1 unspecified atom stereocenters. The average Bonchev–Trinajstić information content (AvgIpc) is 2.87. The molecule has 0 saturated carbocycles. The summed E-state index contributed by atoms with van der Waals surface area (Å²) < 4.78 is 0. The van der Waals surface area contributed by atoms with Crippen LogP contribution in [0.3, 0.4) is 0 Å². The van der Waals surface area contributed by atoms with Gasteiger partial charge in [-0.2, -0.15) is 0 Å².